The number of nitrogens with zero attached hydrogens (tertiary/aromatic N) is 1. The minimum atomic E-state index is 0.708. The molecule has 2 atom stereocenters. The van der Waals surface area contributed by atoms with Crippen molar-refractivity contribution >= 4 is 11.3 Å². The van der Waals surface area contributed by atoms with Gasteiger partial charge >= 0.3 is 0 Å². The number of nitrogens with one attached hydrogen (secondary N) is 1. The van der Waals surface area contributed by atoms with Gasteiger partial charge in [-0.2, -0.15) is 0 Å². The molecule has 0 aliphatic carbocycles. The molecule has 3 heterocycles. The van der Waals surface area contributed by atoms with Gasteiger partial charge < -0.3 is 5.32 Å². The van der Waals surface area contributed by atoms with Gasteiger partial charge in [0.05, 0.1) is 0 Å². The maximum absolute atomic E-state index is 3.44. The molecule has 1 aromatic heterocycles. The largest absolute Gasteiger partial charge is 0.317 e. The van der Waals surface area contributed by atoms with Gasteiger partial charge in [-0.1, -0.05) is 0 Å². The molecule has 0 saturated carbocycles. The first-order valence-electron chi connectivity index (χ1n) is 5.86. The molecule has 3 rings (SSSR count). The summed E-state index contributed by atoms with van der Waals surface area (Å²) in [6, 6.07) is 3.75. The Morgan fingerprint density at radius 3 is 3.27 bits per heavy atom. The number of fused-ring (bicyclic) bond motifs is 3. The molecular formula is C12H18N2S. The molecule has 1 aromatic rings. The molecule has 3 heteroatoms. The van der Waals surface area contributed by atoms with Crippen LogP contribution in [0.25, 0.3) is 0 Å². The van der Waals surface area contributed by atoms with Crippen LogP contribution in [0, 0.1) is 0 Å². The van der Waals surface area contributed by atoms with Crippen molar-refractivity contribution in [1.29, 1.82) is 0 Å². The molecule has 0 amide bonds. The van der Waals surface area contributed by atoms with Crippen molar-refractivity contribution in [2.75, 3.05) is 20.1 Å². The summed E-state index contributed by atoms with van der Waals surface area (Å²) < 4.78 is 0. The summed E-state index contributed by atoms with van der Waals surface area (Å²) >= 11 is 1.95. The smallest absolute Gasteiger partial charge is 0.0459 e. The lowest BCUT2D eigenvalue weighted by Crippen LogP contribution is -2.45. The van der Waals surface area contributed by atoms with Gasteiger partial charge in [-0.05, 0) is 43.3 Å². The predicted molar refractivity (Wildman–Crippen MR) is 64.4 cm³/mol. The van der Waals surface area contributed by atoms with Gasteiger partial charge in [0.25, 0.3) is 0 Å². The Bertz CT molecular complexity index is 347. The normalized spacial score (nSPS) is 31.0. The van der Waals surface area contributed by atoms with Crippen molar-refractivity contribution in [3.63, 3.8) is 0 Å². The third-order valence-corrected chi connectivity index (χ3v) is 4.93. The Morgan fingerprint density at radius 1 is 1.47 bits per heavy atom. The third kappa shape index (κ3) is 1.63. The molecule has 0 aromatic carbocycles. The first-order chi connectivity index (χ1) is 7.38. The van der Waals surface area contributed by atoms with Crippen LogP contribution in [0.4, 0.5) is 0 Å². The zero-order chi connectivity index (χ0) is 10.3. The molecule has 15 heavy (non-hydrogen) atoms. The van der Waals surface area contributed by atoms with Crippen LogP contribution < -0.4 is 5.32 Å². The number of piperidine rings is 1. The standard InChI is InChI=1S/C12H18N2S/c1-13-10-3-6-14-5-2-9-4-7-15-12(9)11(14)8-10/h4,7,10-11,13H,2-3,5-6,8H2,1H3. The van der Waals surface area contributed by atoms with E-state index in [0.29, 0.717) is 6.04 Å². The topological polar surface area (TPSA) is 15.3 Å². The summed E-state index contributed by atoms with van der Waals surface area (Å²) in [6.07, 6.45) is 3.87. The second kappa shape index (κ2) is 3.89. The first kappa shape index (κ1) is 9.82. The van der Waals surface area contributed by atoms with E-state index < -0.39 is 0 Å². The van der Waals surface area contributed by atoms with Crippen LogP contribution in [-0.4, -0.2) is 31.1 Å². The van der Waals surface area contributed by atoms with Crippen molar-refractivity contribution in [2.45, 2.75) is 31.3 Å². The van der Waals surface area contributed by atoms with Crippen LogP contribution in [0.3, 0.4) is 0 Å². The van der Waals surface area contributed by atoms with Gasteiger partial charge in [0.2, 0.25) is 0 Å². The maximum atomic E-state index is 3.44. The molecule has 1 fully saturated rings. The lowest BCUT2D eigenvalue weighted by Gasteiger charge is -2.42. The molecule has 0 bridgehead atoms. The fraction of sp³-hybridized carbons (Fsp3) is 0.667. The Morgan fingerprint density at radius 2 is 2.40 bits per heavy atom. The van der Waals surface area contributed by atoms with E-state index in [9.17, 15) is 0 Å². The van der Waals surface area contributed by atoms with Crippen molar-refractivity contribution in [3.05, 3.63) is 21.9 Å². The monoisotopic (exact) mass is 222 g/mol. The summed E-state index contributed by atoms with van der Waals surface area (Å²) in [7, 11) is 2.10. The van der Waals surface area contributed by atoms with Crippen molar-refractivity contribution in [2.24, 2.45) is 0 Å². The quantitative estimate of drug-likeness (QED) is 0.782. The van der Waals surface area contributed by atoms with Crippen LogP contribution in [0.15, 0.2) is 11.4 Å². The summed E-state index contributed by atoms with van der Waals surface area (Å²) in [4.78, 5) is 4.31. The highest BCUT2D eigenvalue weighted by atomic mass is 32.1. The summed E-state index contributed by atoms with van der Waals surface area (Å²) in [5.41, 5.74) is 1.61. The molecule has 2 nitrogen and oxygen atoms in total. The summed E-state index contributed by atoms with van der Waals surface area (Å²) in [5.74, 6) is 0. The van der Waals surface area contributed by atoms with Crippen LogP contribution >= 0.6 is 11.3 Å². The lowest BCUT2D eigenvalue weighted by molar-refractivity contribution is 0.121. The maximum Gasteiger partial charge on any atom is 0.0459 e. The van der Waals surface area contributed by atoms with E-state index in [1.807, 2.05) is 11.3 Å². The van der Waals surface area contributed by atoms with Crippen molar-refractivity contribution < 1.29 is 0 Å². The second-order valence-electron chi connectivity index (χ2n) is 4.62. The minimum absolute atomic E-state index is 0.708. The second-order valence-corrected chi connectivity index (χ2v) is 5.57. The lowest BCUT2D eigenvalue weighted by atomic mass is 9.90. The molecule has 82 valence electrons. The summed E-state index contributed by atoms with van der Waals surface area (Å²) in [5, 5.41) is 5.70. The van der Waals surface area contributed by atoms with E-state index in [2.05, 4.69) is 28.7 Å². The van der Waals surface area contributed by atoms with E-state index in [-0.39, 0.29) is 0 Å². The average molecular weight is 222 g/mol. The highest BCUT2D eigenvalue weighted by molar-refractivity contribution is 7.10. The molecule has 2 unspecified atom stereocenters. The van der Waals surface area contributed by atoms with Crippen LogP contribution in [0.2, 0.25) is 0 Å². The van der Waals surface area contributed by atoms with Gasteiger partial charge in [-0.15, -0.1) is 11.3 Å². The van der Waals surface area contributed by atoms with E-state index in [0.717, 1.165) is 6.04 Å². The predicted octanol–water partition coefficient (Wildman–Crippen LogP) is 2.03. The van der Waals surface area contributed by atoms with Crippen molar-refractivity contribution in [1.82, 2.24) is 10.2 Å². The van der Waals surface area contributed by atoms with Gasteiger partial charge in [0, 0.05) is 30.1 Å². The Kier molecular flexibility index (Phi) is 2.54. The van der Waals surface area contributed by atoms with E-state index >= 15 is 0 Å². The van der Waals surface area contributed by atoms with E-state index in [1.165, 1.54) is 32.4 Å². The molecule has 1 N–H and O–H groups in total. The van der Waals surface area contributed by atoms with E-state index in [1.54, 1.807) is 10.4 Å². The van der Waals surface area contributed by atoms with Crippen LogP contribution in [0.1, 0.15) is 29.3 Å². The van der Waals surface area contributed by atoms with Crippen molar-refractivity contribution in [3.8, 4) is 0 Å². The molecule has 2 aliphatic rings. The highest BCUT2D eigenvalue weighted by Crippen LogP contribution is 2.39. The van der Waals surface area contributed by atoms with Crippen LogP contribution in [-0.2, 0) is 6.42 Å². The Labute approximate surface area is 95.3 Å². The van der Waals surface area contributed by atoms with Gasteiger partial charge in [0.15, 0.2) is 0 Å². The zero-order valence-corrected chi connectivity index (χ0v) is 10.0. The zero-order valence-electron chi connectivity index (χ0n) is 9.20. The van der Waals surface area contributed by atoms with Gasteiger partial charge in [0.1, 0.15) is 0 Å². The number of thiophene rings is 1. The molecule has 2 aliphatic heterocycles. The van der Waals surface area contributed by atoms with Gasteiger partial charge in [-0.3, -0.25) is 4.90 Å². The summed E-state index contributed by atoms with van der Waals surface area (Å²) in [6.45, 7) is 2.54. The SMILES string of the molecule is CNC1CCN2CCc3ccsc3C2C1. The van der Waals surface area contributed by atoms with E-state index in [4.69, 9.17) is 0 Å². The fourth-order valence-electron chi connectivity index (χ4n) is 2.93. The Balaban J connectivity index is 1.87. The van der Waals surface area contributed by atoms with Crippen LogP contribution in [0.5, 0.6) is 0 Å². The Hall–Kier alpha value is -0.380. The highest BCUT2D eigenvalue weighted by Gasteiger charge is 2.33. The minimum Gasteiger partial charge on any atom is -0.317 e. The van der Waals surface area contributed by atoms with Gasteiger partial charge in [-0.25, -0.2) is 0 Å². The first-order valence-corrected chi connectivity index (χ1v) is 6.74. The third-order valence-electron chi connectivity index (χ3n) is 3.87. The molecule has 1 saturated heterocycles. The number of hydrogen-bond donors (Lipinski definition) is 1. The molecule has 0 radical (unpaired) electrons. The molecular weight excluding hydrogens is 204 g/mol. The number of rotatable bonds is 1. The molecule has 0 spiro atoms. The average Bonchev–Trinajstić information content (AvgIpc) is 2.76. The fourth-order valence-corrected chi connectivity index (χ4v) is 4.03. The number of hydrogen-bond acceptors (Lipinski definition) is 3.